The highest BCUT2D eigenvalue weighted by Crippen LogP contribution is 2.48. The lowest BCUT2D eigenvalue weighted by atomic mass is 9.99. The number of ether oxygens (including phenoxy) is 2. The van der Waals surface area contributed by atoms with Crippen LogP contribution >= 0.6 is 7.04 Å². The van der Waals surface area contributed by atoms with E-state index in [1.807, 2.05) is 91.0 Å². The molecule has 1 aliphatic rings. The lowest BCUT2D eigenvalue weighted by Gasteiger charge is -2.37. The molecule has 1 heterocycles. The van der Waals surface area contributed by atoms with E-state index >= 15 is 0 Å². The fourth-order valence-corrected chi connectivity index (χ4v) is 8.14. The number of methoxy groups -OCH3 is 2. The number of hydrogen-bond donors (Lipinski definition) is 1. The number of rotatable bonds is 6. The van der Waals surface area contributed by atoms with E-state index in [9.17, 15) is 14.4 Å². The zero-order valence-electron chi connectivity index (χ0n) is 18.9. The van der Waals surface area contributed by atoms with Gasteiger partial charge in [0.2, 0.25) is 0 Å². The van der Waals surface area contributed by atoms with Crippen molar-refractivity contribution in [3.8, 4) is 0 Å². The van der Waals surface area contributed by atoms with Crippen molar-refractivity contribution in [2.24, 2.45) is 0 Å². The van der Waals surface area contributed by atoms with Crippen molar-refractivity contribution < 1.29 is 23.9 Å². The third-order valence-electron chi connectivity index (χ3n) is 5.72. The summed E-state index contributed by atoms with van der Waals surface area (Å²) >= 11 is 0. The summed E-state index contributed by atoms with van der Waals surface area (Å²) in [5, 5.41) is 5.51. The van der Waals surface area contributed by atoms with Gasteiger partial charge in [-0.1, -0.05) is 91.0 Å². The molecule has 0 bridgehead atoms. The number of amides is 1. The van der Waals surface area contributed by atoms with Gasteiger partial charge in [0.05, 0.1) is 19.8 Å². The topological polar surface area (TPSA) is 81.7 Å². The average molecular weight is 473 g/mol. The Hall–Kier alpha value is -3.89. The van der Waals surface area contributed by atoms with Gasteiger partial charge in [0.25, 0.3) is 5.91 Å². The van der Waals surface area contributed by atoms with Gasteiger partial charge in [-0.3, -0.25) is 4.79 Å². The van der Waals surface area contributed by atoms with Gasteiger partial charge in [-0.15, -0.1) is 0 Å². The largest absolute Gasteiger partial charge is 0.465 e. The monoisotopic (exact) mass is 473 g/mol. The summed E-state index contributed by atoms with van der Waals surface area (Å²) in [6.45, 7) is 0. The lowest BCUT2D eigenvalue weighted by Crippen LogP contribution is -2.45. The first-order valence-corrected chi connectivity index (χ1v) is 12.5. The Morgan fingerprint density at radius 2 is 1.15 bits per heavy atom. The summed E-state index contributed by atoms with van der Waals surface area (Å²) in [6, 6.07) is 28.7. The molecule has 1 amide bonds. The minimum atomic E-state index is -2.89. The van der Waals surface area contributed by atoms with Crippen LogP contribution in [0.4, 0.5) is 0 Å². The normalized spacial score (nSPS) is 14.9. The molecule has 0 unspecified atom stereocenters. The van der Waals surface area contributed by atoms with E-state index < -0.39 is 24.9 Å². The van der Waals surface area contributed by atoms with E-state index in [0.717, 1.165) is 16.2 Å². The molecule has 0 saturated carbocycles. The first kappa shape index (κ1) is 23.3. The van der Waals surface area contributed by atoms with Crippen LogP contribution in [-0.4, -0.2) is 37.4 Å². The molecule has 3 aromatic rings. The second kappa shape index (κ2) is 9.94. The molecular formula is C27H24NO5P. The Morgan fingerprint density at radius 1 is 0.706 bits per heavy atom. The smallest absolute Gasteiger partial charge is 0.344 e. The Labute approximate surface area is 198 Å². The van der Waals surface area contributed by atoms with Crippen LogP contribution in [0.5, 0.6) is 0 Å². The third-order valence-corrected chi connectivity index (χ3v) is 9.60. The molecule has 0 spiro atoms. The summed E-state index contributed by atoms with van der Waals surface area (Å²) in [5.74, 6) is -2.30. The van der Waals surface area contributed by atoms with Crippen molar-refractivity contribution in [1.29, 1.82) is 0 Å². The molecule has 0 aliphatic carbocycles. The average Bonchev–Trinajstić information content (AvgIpc) is 2.90. The van der Waals surface area contributed by atoms with E-state index in [0.29, 0.717) is 11.7 Å². The Balaban J connectivity index is 2.21. The minimum absolute atomic E-state index is 0.0389. The summed E-state index contributed by atoms with van der Waals surface area (Å²) in [4.78, 5) is 39.5. The molecule has 0 aromatic heterocycles. The molecule has 1 aliphatic heterocycles. The first-order valence-electron chi connectivity index (χ1n) is 10.7. The van der Waals surface area contributed by atoms with Gasteiger partial charge in [-0.2, -0.15) is 0 Å². The van der Waals surface area contributed by atoms with Crippen LogP contribution < -0.4 is 15.7 Å². The van der Waals surface area contributed by atoms with E-state index in [2.05, 4.69) is 5.09 Å². The Morgan fingerprint density at radius 3 is 1.62 bits per heavy atom. The molecule has 7 heteroatoms. The molecule has 34 heavy (non-hydrogen) atoms. The maximum atomic E-state index is 13.5. The van der Waals surface area contributed by atoms with Crippen molar-refractivity contribution in [3.05, 3.63) is 108 Å². The van der Waals surface area contributed by atoms with Crippen molar-refractivity contribution in [2.45, 2.75) is 6.42 Å². The van der Waals surface area contributed by atoms with Crippen LogP contribution in [0.25, 0.3) is 0 Å². The number of nitrogens with one attached hydrogen (secondary N) is 1. The summed E-state index contributed by atoms with van der Waals surface area (Å²) in [7, 11) is -0.468. The molecule has 6 nitrogen and oxygen atoms in total. The van der Waals surface area contributed by atoms with Gasteiger partial charge in [0.1, 0.15) is 5.57 Å². The van der Waals surface area contributed by atoms with Crippen LogP contribution in [0.2, 0.25) is 0 Å². The second-order valence-electron chi connectivity index (χ2n) is 7.63. The van der Waals surface area contributed by atoms with E-state index in [4.69, 9.17) is 9.47 Å². The van der Waals surface area contributed by atoms with Crippen molar-refractivity contribution in [2.75, 3.05) is 14.2 Å². The molecule has 0 radical (unpaired) electrons. The molecule has 1 N–H and O–H groups in total. The Kier molecular flexibility index (Phi) is 6.80. The summed E-state index contributed by atoms with van der Waals surface area (Å²) in [6.07, 6.45) is 0.323. The lowest BCUT2D eigenvalue weighted by molar-refractivity contribution is -0.140. The number of hydrogen-bond acceptors (Lipinski definition) is 5. The highest BCUT2D eigenvalue weighted by molar-refractivity contribution is 7.88. The maximum absolute atomic E-state index is 13.5. The summed E-state index contributed by atoms with van der Waals surface area (Å²) < 4.78 is 10.0. The zero-order chi connectivity index (χ0) is 24.1. The zero-order valence-corrected chi connectivity index (χ0v) is 19.8. The van der Waals surface area contributed by atoms with Crippen molar-refractivity contribution in [3.63, 3.8) is 0 Å². The molecule has 4 rings (SSSR count). The van der Waals surface area contributed by atoms with Crippen molar-refractivity contribution in [1.82, 2.24) is 5.09 Å². The van der Waals surface area contributed by atoms with Gasteiger partial charge < -0.3 is 14.6 Å². The summed E-state index contributed by atoms with van der Waals surface area (Å²) in [5.41, 5.74) is 0.543. The van der Waals surface area contributed by atoms with E-state index in [-0.39, 0.29) is 11.1 Å². The van der Waals surface area contributed by atoms with Crippen LogP contribution in [-0.2, 0) is 30.3 Å². The molecule has 172 valence electrons. The quantitative estimate of drug-likeness (QED) is 0.338. The predicted molar refractivity (Wildman–Crippen MR) is 133 cm³/mol. The highest BCUT2D eigenvalue weighted by atomic mass is 31.2. The van der Waals surface area contributed by atoms with Gasteiger partial charge >= 0.3 is 11.9 Å². The SMILES string of the molecule is COC(=O)C1=C(C(=O)OC)C(Cc2ccccc2)=P(c2ccccc2)(c2ccccc2)NC1=O. The van der Waals surface area contributed by atoms with E-state index in [1.165, 1.54) is 14.2 Å². The van der Waals surface area contributed by atoms with Crippen LogP contribution in [0, 0.1) is 0 Å². The maximum Gasteiger partial charge on any atom is 0.344 e. The second-order valence-corrected chi connectivity index (χ2v) is 10.8. The Bertz CT molecular complexity index is 1270. The number of carbonyl (C=O) groups is 3. The van der Waals surface area contributed by atoms with Crippen molar-refractivity contribution >= 4 is 40.8 Å². The molecule has 0 atom stereocenters. The van der Waals surface area contributed by atoms with Crippen LogP contribution in [0.3, 0.4) is 0 Å². The van der Waals surface area contributed by atoms with Crippen LogP contribution in [0.1, 0.15) is 5.56 Å². The standard InChI is InChI=1S/C27H24NO5P/c1-32-26(30)23-22(18-19-12-6-3-7-13-19)34(20-14-8-4-9-15-20,21-16-10-5-11-17-21)28-25(29)24(23)27(31)33-2/h3-17H,18H2,1-2H3,(H,28,29). The van der Waals surface area contributed by atoms with E-state index in [1.54, 1.807) is 0 Å². The van der Waals surface area contributed by atoms with Gasteiger partial charge in [0, 0.05) is 13.5 Å². The van der Waals surface area contributed by atoms with Gasteiger partial charge in [-0.05, 0) is 21.5 Å². The minimum Gasteiger partial charge on any atom is -0.465 e. The highest BCUT2D eigenvalue weighted by Gasteiger charge is 2.43. The molecule has 0 fully saturated rings. The number of esters is 2. The molecular weight excluding hydrogens is 449 g/mol. The fourth-order valence-electron chi connectivity index (χ4n) is 4.21. The van der Waals surface area contributed by atoms with Gasteiger partial charge in [0.15, 0.2) is 0 Å². The number of benzene rings is 3. The molecule has 0 saturated heterocycles. The third kappa shape index (κ3) is 4.09. The molecule has 3 aromatic carbocycles. The number of carbonyl (C=O) groups excluding carboxylic acids is 3. The van der Waals surface area contributed by atoms with Gasteiger partial charge in [-0.25, -0.2) is 9.59 Å². The van der Waals surface area contributed by atoms with Crippen LogP contribution in [0.15, 0.2) is 102 Å². The predicted octanol–water partition coefficient (Wildman–Crippen LogP) is 2.76. The fraction of sp³-hybridized carbons (Fsp3) is 0.111. The first-order chi connectivity index (χ1) is 16.5.